The lowest BCUT2D eigenvalue weighted by molar-refractivity contribution is 0.430. The zero-order chi connectivity index (χ0) is 37.6. The van der Waals surface area contributed by atoms with Crippen LogP contribution in [0, 0.1) is 0 Å². The first-order valence-corrected chi connectivity index (χ1v) is 23.8. The summed E-state index contributed by atoms with van der Waals surface area (Å²) < 4.78 is 0. The highest BCUT2D eigenvalue weighted by Crippen LogP contribution is 2.50. The van der Waals surface area contributed by atoms with Crippen LogP contribution in [0.5, 0.6) is 0 Å². The van der Waals surface area contributed by atoms with Crippen molar-refractivity contribution in [3.63, 3.8) is 0 Å². The predicted octanol–water partition coefficient (Wildman–Crippen LogP) is 14.2. The van der Waals surface area contributed by atoms with Crippen LogP contribution in [0.25, 0.3) is 56.0 Å². The van der Waals surface area contributed by atoms with E-state index in [1.165, 1.54) is 98.4 Å². The SMILES string of the molecule is C[Si]1(C)c2cc(/C=C/c3ccc(-c4c(-c5ccccc5)c5ccccc5c5ccccc45)cc3)ccc2C2C=CC(N(c3ccccc3)C3CCCCC3)=CC21. The highest BCUT2D eigenvalue weighted by molar-refractivity contribution is 6.93. The molecular formula is C54H49NSi. The fraction of sp³-hybridized carbons (Fsp3) is 0.185. The number of nitrogens with zero attached hydrogens (tertiary/aromatic N) is 1. The number of fused-ring (bicyclic) bond motifs is 6. The maximum absolute atomic E-state index is 2.68. The van der Waals surface area contributed by atoms with Crippen molar-refractivity contribution < 1.29 is 0 Å². The second kappa shape index (κ2) is 14.4. The number of para-hydroxylation sites is 1. The molecule has 0 aromatic heterocycles. The quantitative estimate of drug-likeness (QED) is 0.0894. The molecule has 0 N–H and O–H groups in total. The van der Waals surface area contributed by atoms with Gasteiger partial charge in [0, 0.05) is 23.3 Å². The third kappa shape index (κ3) is 6.08. The van der Waals surface area contributed by atoms with Gasteiger partial charge in [0.2, 0.25) is 0 Å². The maximum Gasteiger partial charge on any atom is 0.0887 e. The monoisotopic (exact) mass is 739 g/mol. The third-order valence-corrected chi connectivity index (χ3v) is 17.1. The molecule has 1 fully saturated rings. The minimum Gasteiger partial charge on any atom is -0.339 e. The van der Waals surface area contributed by atoms with Crippen molar-refractivity contribution in [1.82, 2.24) is 0 Å². The van der Waals surface area contributed by atoms with E-state index in [-0.39, 0.29) is 0 Å². The van der Waals surface area contributed by atoms with E-state index >= 15 is 0 Å². The first kappa shape index (κ1) is 34.8. The molecule has 2 heteroatoms. The van der Waals surface area contributed by atoms with Gasteiger partial charge in [0.15, 0.2) is 0 Å². The van der Waals surface area contributed by atoms with Crippen molar-refractivity contribution in [2.75, 3.05) is 4.90 Å². The van der Waals surface area contributed by atoms with Crippen LogP contribution >= 0.6 is 0 Å². The summed E-state index contributed by atoms with van der Waals surface area (Å²) in [5.41, 5.74) is 12.4. The molecule has 7 aromatic carbocycles. The third-order valence-electron chi connectivity index (χ3n) is 13.1. The van der Waals surface area contributed by atoms with Gasteiger partial charge < -0.3 is 4.90 Å². The molecule has 0 saturated heterocycles. The van der Waals surface area contributed by atoms with Crippen molar-refractivity contribution in [3.8, 4) is 22.3 Å². The summed E-state index contributed by atoms with van der Waals surface area (Å²) in [6.45, 7) is 5.20. The Balaban J connectivity index is 0.957. The van der Waals surface area contributed by atoms with Crippen LogP contribution < -0.4 is 10.1 Å². The Kier molecular flexibility index (Phi) is 8.95. The molecular weight excluding hydrogens is 691 g/mol. The molecule has 1 saturated carbocycles. The van der Waals surface area contributed by atoms with E-state index in [2.05, 4.69) is 200 Å². The standard InChI is InChI=1S/C54H49NSi/c1-56(2)51-36-39(30-34-47(51)48-35-33-44(37-52(48)56)55(42-18-8-4-9-19-42)43-20-10-5-11-21-43)27-26-38-28-31-41(32-29-38)54-50-25-15-13-23-46(50)45-22-12-14-24-49(45)53(54)40-16-6-3-7-17-40/h3-4,6-9,12-19,22-37,43,48,52H,5,10-11,20-21H2,1-2H3/b27-26+. The normalized spacial score (nSPS) is 18.9. The van der Waals surface area contributed by atoms with Gasteiger partial charge in [-0.05, 0) is 97.1 Å². The fourth-order valence-electron chi connectivity index (χ4n) is 10.3. The molecule has 0 amide bonds. The highest BCUT2D eigenvalue weighted by Gasteiger charge is 2.47. The smallest absolute Gasteiger partial charge is 0.0887 e. The predicted molar refractivity (Wildman–Crippen MR) is 244 cm³/mol. The first-order chi connectivity index (χ1) is 27.5. The highest BCUT2D eigenvalue weighted by atomic mass is 28.3. The van der Waals surface area contributed by atoms with Gasteiger partial charge in [-0.25, -0.2) is 0 Å². The second-order valence-corrected chi connectivity index (χ2v) is 21.4. The minimum atomic E-state index is -1.81. The van der Waals surface area contributed by atoms with Gasteiger partial charge in [0.1, 0.15) is 0 Å². The molecule has 1 nitrogen and oxygen atoms in total. The molecule has 2 unspecified atom stereocenters. The number of benzene rings is 7. The molecule has 274 valence electrons. The Hall–Kier alpha value is -5.70. The van der Waals surface area contributed by atoms with Crippen LogP contribution in [0.2, 0.25) is 18.6 Å². The van der Waals surface area contributed by atoms with Crippen molar-refractivity contribution in [2.24, 2.45) is 0 Å². The molecule has 7 aromatic rings. The van der Waals surface area contributed by atoms with Crippen LogP contribution in [0.1, 0.15) is 54.7 Å². The zero-order valence-corrected chi connectivity index (χ0v) is 33.5. The van der Waals surface area contributed by atoms with Crippen molar-refractivity contribution in [3.05, 3.63) is 192 Å². The molecule has 0 bridgehead atoms. The topological polar surface area (TPSA) is 3.24 Å². The van der Waals surface area contributed by atoms with Crippen LogP contribution in [-0.4, -0.2) is 14.1 Å². The lowest BCUT2D eigenvalue weighted by Gasteiger charge is -2.39. The number of allylic oxidation sites excluding steroid dienone is 3. The molecule has 10 rings (SSSR count). The van der Waals surface area contributed by atoms with E-state index in [0.29, 0.717) is 17.5 Å². The Morgan fingerprint density at radius 3 is 1.77 bits per heavy atom. The molecule has 2 atom stereocenters. The van der Waals surface area contributed by atoms with Crippen molar-refractivity contribution in [2.45, 2.75) is 62.7 Å². The summed E-state index contributed by atoms with van der Waals surface area (Å²) >= 11 is 0. The fourth-order valence-corrected chi connectivity index (χ4v) is 14.0. The van der Waals surface area contributed by atoms with E-state index in [4.69, 9.17) is 0 Å². The zero-order valence-electron chi connectivity index (χ0n) is 32.5. The summed E-state index contributed by atoms with van der Waals surface area (Å²) in [5.74, 6) is 0.469. The van der Waals surface area contributed by atoms with Gasteiger partial charge in [0.25, 0.3) is 0 Å². The molecule has 0 radical (unpaired) electrons. The number of hydrogen-bond acceptors (Lipinski definition) is 1. The Morgan fingerprint density at radius 2 is 1.11 bits per heavy atom. The minimum absolute atomic E-state index is 0.469. The molecule has 1 aliphatic heterocycles. The lowest BCUT2D eigenvalue weighted by Crippen LogP contribution is -2.43. The largest absolute Gasteiger partial charge is 0.339 e. The average Bonchev–Trinajstić information content (AvgIpc) is 3.48. The summed E-state index contributed by atoms with van der Waals surface area (Å²) in [7, 11) is -1.81. The Bertz CT molecular complexity index is 2640. The van der Waals surface area contributed by atoms with Crippen molar-refractivity contribution >= 4 is 52.6 Å². The van der Waals surface area contributed by atoms with Gasteiger partial charge in [-0.3, -0.25) is 0 Å². The summed E-state index contributed by atoms with van der Waals surface area (Å²) in [5, 5.41) is 6.79. The molecule has 2 aliphatic carbocycles. The Morgan fingerprint density at radius 1 is 0.554 bits per heavy atom. The maximum atomic E-state index is 2.68. The van der Waals surface area contributed by atoms with E-state index in [1.807, 2.05) is 0 Å². The van der Waals surface area contributed by atoms with Crippen LogP contribution in [0.15, 0.2) is 176 Å². The van der Waals surface area contributed by atoms with Crippen LogP contribution in [0.4, 0.5) is 5.69 Å². The van der Waals surface area contributed by atoms with Gasteiger partial charge in [-0.1, -0.05) is 201 Å². The first-order valence-electron chi connectivity index (χ1n) is 20.7. The summed E-state index contributed by atoms with van der Waals surface area (Å²) in [6.07, 6.45) is 18.9. The van der Waals surface area contributed by atoms with E-state index in [0.717, 1.165) is 0 Å². The second-order valence-electron chi connectivity index (χ2n) is 16.7. The van der Waals surface area contributed by atoms with Gasteiger partial charge in [-0.2, -0.15) is 0 Å². The summed E-state index contributed by atoms with van der Waals surface area (Å²) in [4.78, 5) is 2.68. The number of hydrogen-bond donors (Lipinski definition) is 0. The van der Waals surface area contributed by atoms with E-state index < -0.39 is 8.07 Å². The number of rotatable bonds is 7. The van der Waals surface area contributed by atoms with E-state index in [1.54, 1.807) is 10.8 Å². The van der Waals surface area contributed by atoms with E-state index in [9.17, 15) is 0 Å². The van der Waals surface area contributed by atoms with Gasteiger partial charge in [0.05, 0.1) is 8.07 Å². The number of anilines is 1. The molecule has 3 aliphatic rings. The van der Waals surface area contributed by atoms with Gasteiger partial charge >= 0.3 is 0 Å². The van der Waals surface area contributed by atoms with Crippen LogP contribution in [-0.2, 0) is 0 Å². The molecule has 56 heavy (non-hydrogen) atoms. The summed E-state index contributed by atoms with van der Waals surface area (Å²) in [6, 6.07) is 56.9. The lowest BCUT2D eigenvalue weighted by atomic mass is 9.85. The van der Waals surface area contributed by atoms with Crippen molar-refractivity contribution in [1.29, 1.82) is 0 Å². The van der Waals surface area contributed by atoms with Crippen LogP contribution in [0.3, 0.4) is 0 Å². The molecule has 0 spiro atoms. The molecule has 1 heterocycles. The Labute approximate surface area is 333 Å². The average molecular weight is 740 g/mol. The van der Waals surface area contributed by atoms with Gasteiger partial charge in [-0.15, -0.1) is 0 Å².